The van der Waals surface area contributed by atoms with E-state index in [0.717, 1.165) is 0 Å². The third-order valence-electron chi connectivity index (χ3n) is 2.19. The molecule has 0 bridgehead atoms. The van der Waals surface area contributed by atoms with Crippen LogP contribution in [-0.2, 0) is 13.6 Å². The van der Waals surface area contributed by atoms with Gasteiger partial charge >= 0.3 is 12.3 Å². The Kier molecular flexibility index (Phi) is 4.12. The molecule has 1 aromatic heterocycles. The Balaban J connectivity index is 2.49. The van der Waals surface area contributed by atoms with Gasteiger partial charge in [0.15, 0.2) is 0 Å². The third kappa shape index (κ3) is 3.46. The zero-order chi connectivity index (χ0) is 13.1. The molecular weight excluding hydrogens is 238 g/mol. The standard InChI is InChI=1S/C10H11F4N3/c1-17-5-7(2-8(17)3-15)4-16-6-10(13,14)9(11)12/h2,5,9,16H,4,6H2,1H3. The van der Waals surface area contributed by atoms with Gasteiger partial charge in [0.25, 0.3) is 0 Å². The van der Waals surface area contributed by atoms with Crippen molar-refractivity contribution < 1.29 is 17.6 Å². The average Bonchev–Trinajstić information content (AvgIpc) is 2.58. The quantitative estimate of drug-likeness (QED) is 0.809. The molecule has 0 aliphatic carbocycles. The summed E-state index contributed by atoms with van der Waals surface area (Å²) in [6, 6.07) is 3.42. The minimum absolute atomic E-state index is 0.0117. The van der Waals surface area contributed by atoms with E-state index in [1.165, 1.54) is 10.6 Å². The second kappa shape index (κ2) is 5.19. The number of hydrogen-bond donors (Lipinski definition) is 1. The largest absolute Gasteiger partial charge is 0.342 e. The van der Waals surface area contributed by atoms with Crippen molar-refractivity contribution >= 4 is 0 Å². The van der Waals surface area contributed by atoms with Crippen molar-refractivity contribution in [2.45, 2.75) is 18.9 Å². The highest BCUT2D eigenvalue weighted by atomic mass is 19.3. The molecule has 1 aromatic rings. The summed E-state index contributed by atoms with van der Waals surface area (Å²) in [5.74, 6) is -4.03. The molecule has 0 spiro atoms. The van der Waals surface area contributed by atoms with Gasteiger partial charge in [-0.05, 0) is 11.6 Å². The molecule has 0 atom stereocenters. The van der Waals surface area contributed by atoms with Crippen molar-refractivity contribution in [3.8, 4) is 6.07 Å². The normalized spacial score (nSPS) is 11.8. The highest BCUT2D eigenvalue weighted by molar-refractivity contribution is 5.28. The Labute approximate surface area is 95.6 Å². The average molecular weight is 249 g/mol. The minimum atomic E-state index is -4.03. The van der Waals surface area contributed by atoms with Crippen LogP contribution in [0.2, 0.25) is 0 Å². The van der Waals surface area contributed by atoms with Crippen LogP contribution in [0.1, 0.15) is 11.3 Å². The van der Waals surface area contributed by atoms with E-state index in [1.807, 2.05) is 6.07 Å². The molecule has 0 aliphatic heterocycles. The lowest BCUT2D eigenvalue weighted by atomic mass is 10.3. The minimum Gasteiger partial charge on any atom is -0.342 e. The molecule has 1 heterocycles. The van der Waals surface area contributed by atoms with Crippen LogP contribution in [0.4, 0.5) is 17.6 Å². The van der Waals surface area contributed by atoms with Crippen molar-refractivity contribution in [3.05, 3.63) is 23.5 Å². The molecule has 3 nitrogen and oxygen atoms in total. The van der Waals surface area contributed by atoms with E-state index < -0.39 is 18.9 Å². The van der Waals surface area contributed by atoms with Gasteiger partial charge in [0.2, 0.25) is 0 Å². The summed E-state index contributed by atoms with van der Waals surface area (Å²) in [6.45, 7) is -1.08. The Morgan fingerprint density at radius 2 is 2.18 bits per heavy atom. The van der Waals surface area contributed by atoms with Crippen LogP contribution in [0.3, 0.4) is 0 Å². The number of aryl methyl sites for hydroxylation is 1. The fourth-order valence-corrected chi connectivity index (χ4v) is 1.29. The van der Waals surface area contributed by atoms with Gasteiger partial charge in [0.1, 0.15) is 11.8 Å². The van der Waals surface area contributed by atoms with Crippen molar-refractivity contribution in [2.24, 2.45) is 7.05 Å². The van der Waals surface area contributed by atoms with E-state index in [-0.39, 0.29) is 6.54 Å². The summed E-state index contributed by atoms with van der Waals surface area (Å²) in [7, 11) is 1.63. The number of nitriles is 1. The maximum absolute atomic E-state index is 12.5. The first kappa shape index (κ1) is 13.5. The lowest BCUT2D eigenvalue weighted by Gasteiger charge is -2.15. The molecular formula is C10H11F4N3. The van der Waals surface area contributed by atoms with E-state index in [9.17, 15) is 17.6 Å². The van der Waals surface area contributed by atoms with Crippen LogP contribution in [0.5, 0.6) is 0 Å². The predicted molar refractivity (Wildman–Crippen MR) is 52.8 cm³/mol. The molecule has 0 saturated carbocycles. The molecule has 1 rings (SSSR count). The highest BCUT2D eigenvalue weighted by Gasteiger charge is 2.39. The summed E-state index contributed by atoms with van der Waals surface area (Å²) in [5.41, 5.74) is 0.969. The Morgan fingerprint density at radius 3 is 2.65 bits per heavy atom. The Bertz CT molecular complexity index is 420. The van der Waals surface area contributed by atoms with Crippen LogP contribution in [-0.4, -0.2) is 23.5 Å². The smallest absolute Gasteiger partial charge is 0.319 e. The lowest BCUT2D eigenvalue weighted by Crippen LogP contribution is -2.38. The van der Waals surface area contributed by atoms with Gasteiger partial charge < -0.3 is 9.88 Å². The number of aromatic nitrogens is 1. The summed E-state index contributed by atoms with van der Waals surface area (Å²) >= 11 is 0. The van der Waals surface area contributed by atoms with Crippen molar-refractivity contribution in [3.63, 3.8) is 0 Å². The van der Waals surface area contributed by atoms with Crippen LogP contribution >= 0.6 is 0 Å². The van der Waals surface area contributed by atoms with E-state index in [2.05, 4.69) is 5.32 Å². The predicted octanol–water partition coefficient (Wildman–Crippen LogP) is 1.89. The van der Waals surface area contributed by atoms with Gasteiger partial charge in [0.05, 0.1) is 6.54 Å². The monoisotopic (exact) mass is 249 g/mol. The topological polar surface area (TPSA) is 40.8 Å². The van der Waals surface area contributed by atoms with Gasteiger partial charge in [0, 0.05) is 19.8 Å². The lowest BCUT2D eigenvalue weighted by molar-refractivity contribution is -0.125. The molecule has 7 heteroatoms. The van der Waals surface area contributed by atoms with Crippen molar-refractivity contribution in [1.29, 1.82) is 5.26 Å². The molecule has 0 aliphatic rings. The SMILES string of the molecule is Cn1cc(CNCC(F)(F)C(F)F)cc1C#N. The Morgan fingerprint density at radius 1 is 1.53 bits per heavy atom. The first-order valence-corrected chi connectivity index (χ1v) is 4.79. The molecule has 0 unspecified atom stereocenters. The molecule has 1 N–H and O–H groups in total. The molecule has 0 radical (unpaired) electrons. The van der Waals surface area contributed by atoms with E-state index in [4.69, 9.17) is 5.26 Å². The number of nitrogens with one attached hydrogen (secondary N) is 1. The highest BCUT2D eigenvalue weighted by Crippen LogP contribution is 2.21. The van der Waals surface area contributed by atoms with Crippen LogP contribution < -0.4 is 5.32 Å². The van der Waals surface area contributed by atoms with Crippen molar-refractivity contribution in [1.82, 2.24) is 9.88 Å². The summed E-state index contributed by atoms with van der Waals surface area (Å²) in [6.07, 6.45) is -2.10. The fraction of sp³-hybridized carbons (Fsp3) is 0.500. The second-order valence-corrected chi connectivity index (χ2v) is 3.62. The molecule has 0 amide bonds. The van der Waals surface area contributed by atoms with Crippen molar-refractivity contribution in [2.75, 3.05) is 6.54 Å². The molecule has 17 heavy (non-hydrogen) atoms. The number of halogens is 4. The van der Waals surface area contributed by atoms with Gasteiger partial charge in [-0.25, -0.2) is 8.78 Å². The number of alkyl halides is 4. The molecule has 0 fully saturated rings. The maximum Gasteiger partial charge on any atom is 0.319 e. The molecule has 0 saturated heterocycles. The zero-order valence-electron chi connectivity index (χ0n) is 9.05. The Hall–Kier alpha value is -1.55. The number of nitrogens with zero attached hydrogens (tertiary/aromatic N) is 2. The van der Waals surface area contributed by atoms with E-state index in [1.54, 1.807) is 13.2 Å². The first-order chi connectivity index (χ1) is 7.86. The van der Waals surface area contributed by atoms with Crippen LogP contribution in [0, 0.1) is 11.3 Å². The number of hydrogen-bond acceptors (Lipinski definition) is 2. The van der Waals surface area contributed by atoms with E-state index in [0.29, 0.717) is 11.3 Å². The van der Waals surface area contributed by atoms with Crippen LogP contribution in [0.25, 0.3) is 0 Å². The maximum atomic E-state index is 12.5. The van der Waals surface area contributed by atoms with Gasteiger partial charge in [-0.3, -0.25) is 0 Å². The van der Waals surface area contributed by atoms with E-state index >= 15 is 0 Å². The summed E-state index contributed by atoms with van der Waals surface area (Å²) in [5, 5.41) is 10.9. The van der Waals surface area contributed by atoms with Crippen LogP contribution in [0.15, 0.2) is 12.3 Å². The second-order valence-electron chi connectivity index (χ2n) is 3.62. The molecule has 0 aromatic carbocycles. The fourth-order valence-electron chi connectivity index (χ4n) is 1.29. The summed E-state index contributed by atoms with van der Waals surface area (Å²) in [4.78, 5) is 0. The zero-order valence-corrected chi connectivity index (χ0v) is 9.05. The third-order valence-corrected chi connectivity index (χ3v) is 2.19. The summed E-state index contributed by atoms with van der Waals surface area (Å²) < 4.78 is 50.2. The van der Waals surface area contributed by atoms with Gasteiger partial charge in [-0.15, -0.1) is 0 Å². The first-order valence-electron chi connectivity index (χ1n) is 4.79. The number of rotatable bonds is 5. The molecule has 94 valence electrons. The van der Waals surface area contributed by atoms with Gasteiger partial charge in [-0.2, -0.15) is 14.0 Å². The van der Waals surface area contributed by atoms with Gasteiger partial charge in [-0.1, -0.05) is 0 Å².